The van der Waals surface area contributed by atoms with Crippen molar-refractivity contribution in [3.05, 3.63) is 68.4 Å². The number of likely N-dealkylation sites (N-methyl/N-ethyl adjacent to an activating group) is 2. The van der Waals surface area contributed by atoms with Crippen molar-refractivity contribution in [1.82, 2.24) is 25.1 Å². The van der Waals surface area contributed by atoms with Crippen LogP contribution in [-0.4, -0.2) is 63.1 Å². The Kier molecular flexibility index (Phi) is 4.62. The largest absolute Gasteiger partial charge is 0.370 e. The van der Waals surface area contributed by atoms with Gasteiger partial charge in [-0.3, -0.25) is 25.2 Å². The van der Waals surface area contributed by atoms with Crippen molar-refractivity contribution < 1.29 is 9.59 Å². The van der Waals surface area contributed by atoms with Crippen molar-refractivity contribution in [1.29, 1.82) is 5.41 Å². The number of hydrogen-bond acceptors (Lipinski definition) is 5. The number of nitrogens with one attached hydrogen (secondary N) is 4. The number of nitrogens with zero attached hydrogens (tertiary/aromatic N) is 3. The molecule has 2 aromatic heterocycles. The van der Waals surface area contributed by atoms with Gasteiger partial charge in [0.25, 0.3) is 11.8 Å². The predicted molar refractivity (Wildman–Crippen MR) is 151 cm³/mol. The molecule has 2 amide bonds. The van der Waals surface area contributed by atoms with Gasteiger partial charge in [-0.15, -0.1) is 0 Å². The third-order valence-electron chi connectivity index (χ3n) is 8.33. The van der Waals surface area contributed by atoms with E-state index in [0.717, 1.165) is 41.9 Å². The lowest BCUT2D eigenvalue weighted by Crippen LogP contribution is -2.63. The second-order valence-corrected chi connectivity index (χ2v) is 11.9. The van der Waals surface area contributed by atoms with Crippen LogP contribution in [0.4, 0.5) is 0 Å². The minimum atomic E-state index is -1.47. The third kappa shape index (κ3) is 2.66. The molecule has 3 unspecified atom stereocenters. The van der Waals surface area contributed by atoms with Crippen molar-refractivity contribution >= 4 is 77.4 Å². The highest BCUT2D eigenvalue weighted by atomic mass is 79.9. The van der Waals surface area contributed by atoms with Gasteiger partial charge < -0.3 is 20.6 Å². The summed E-state index contributed by atoms with van der Waals surface area (Å²) in [6, 6.07) is 11.7. The van der Waals surface area contributed by atoms with Gasteiger partial charge in [-0.1, -0.05) is 44.0 Å². The molecule has 2 aliphatic heterocycles. The van der Waals surface area contributed by atoms with Crippen molar-refractivity contribution in [3.63, 3.8) is 0 Å². The van der Waals surface area contributed by atoms with E-state index >= 15 is 0 Å². The van der Waals surface area contributed by atoms with E-state index in [1.807, 2.05) is 42.6 Å². The lowest BCUT2D eigenvalue weighted by molar-refractivity contribution is -0.137. The number of nitrogens with two attached hydrogens (primary N) is 1. The molecule has 3 aliphatic rings. The lowest BCUT2D eigenvalue weighted by atomic mass is 9.58. The molecular weight excluding hydrogens is 616 g/mol. The van der Waals surface area contributed by atoms with Crippen LogP contribution in [0.2, 0.25) is 0 Å². The molecule has 7 rings (SSSR count). The van der Waals surface area contributed by atoms with E-state index in [9.17, 15) is 9.59 Å². The number of carbonyl (C=O) groups is 2. The Morgan fingerprint density at radius 2 is 1.76 bits per heavy atom. The number of guanidine groups is 2. The van der Waals surface area contributed by atoms with Gasteiger partial charge in [-0.05, 0) is 35.4 Å². The number of rotatable bonds is 1. The highest BCUT2D eigenvalue weighted by Crippen LogP contribution is 2.60. The summed E-state index contributed by atoms with van der Waals surface area (Å²) in [5, 5.41) is 13.3. The van der Waals surface area contributed by atoms with Crippen LogP contribution in [0.15, 0.2) is 56.5 Å². The molecule has 4 heterocycles. The van der Waals surface area contributed by atoms with E-state index in [1.165, 1.54) is 4.90 Å². The van der Waals surface area contributed by atoms with E-state index in [2.05, 4.69) is 47.1 Å². The highest BCUT2D eigenvalue weighted by Gasteiger charge is 2.71. The van der Waals surface area contributed by atoms with Crippen molar-refractivity contribution in [3.8, 4) is 0 Å². The molecule has 192 valence electrons. The molecule has 2 spiro atoms. The molecule has 0 radical (unpaired) electrons. The van der Waals surface area contributed by atoms with E-state index in [-0.39, 0.29) is 30.2 Å². The Morgan fingerprint density at radius 3 is 2.39 bits per heavy atom. The van der Waals surface area contributed by atoms with Crippen LogP contribution in [0.25, 0.3) is 21.8 Å². The SMILES string of the molecule is CN1C(=N)N(C)C2(C1=O)c1[nH]c3cc(Br)ccc3c1CC1(N=C(N)NC1=O)C2c1c[nH]c2cc(Br)ccc12. The molecule has 0 bridgehead atoms. The second kappa shape index (κ2) is 7.48. The summed E-state index contributed by atoms with van der Waals surface area (Å²) < 4.78 is 1.77. The molecule has 0 saturated carbocycles. The lowest BCUT2D eigenvalue weighted by Gasteiger charge is -2.49. The maximum absolute atomic E-state index is 14.5. The first-order chi connectivity index (χ1) is 18.1. The van der Waals surface area contributed by atoms with Crippen LogP contribution in [0, 0.1) is 5.41 Å². The Balaban J connectivity index is 1.66. The van der Waals surface area contributed by atoms with Crippen LogP contribution < -0.4 is 11.1 Å². The van der Waals surface area contributed by atoms with Gasteiger partial charge >= 0.3 is 0 Å². The Morgan fingerprint density at radius 1 is 1.08 bits per heavy atom. The molecule has 2 aromatic carbocycles. The normalized spacial score (nSPS) is 26.8. The number of aromatic nitrogens is 2. The summed E-state index contributed by atoms with van der Waals surface area (Å²) in [5.41, 5.74) is 7.12. The molecular formula is C26H22Br2N8O2. The fourth-order valence-corrected chi connectivity index (χ4v) is 7.48. The van der Waals surface area contributed by atoms with Gasteiger partial charge in [0.05, 0.1) is 11.6 Å². The molecule has 3 atom stereocenters. The van der Waals surface area contributed by atoms with Crippen LogP contribution in [0.1, 0.15) is 22.7 Å². The number of aliphatic imine (C=N–C) groups is 1. The van der Waals surface area contributed by atoms with Gasteiger partial charge in [0.2, 0.25) is 5.96 Å². The first-order valence-electron chi connectivity index (χ1n) is 11.9. The molecule has 10 nitrogen and oxygen atoms in total. The van der Waals surface area contributed by atoms with Gasteiger partial charge in [0.15, 0.2) is 17.0 Å². The van der Waals surface area contributed by atoms with Crippen molar-refractivity contribution in [2.45, 2.75) is 23.4 Å². The summed E-state index contributed by atoms with van der Waals surface area (Å²) in [7, 11) is 3.32. The summed E-state index contributed by atoms with van der Waals surface area (Å²) >= 11 is 7.07. The minimum absolute atomic E-state index is 0.0142. The number of halogens is 2. The van der Waals surface area contributed by atoms with Crippen LogP contribution in [0.5, 0.6) is 0 Å². The highest BCUT2D eigenvalue weighted by molar-refractivity contribution is 9.10. The summed E-state index contributed by atoms with van der Waals surface area (Å²) in [6.45, 7) is 0. The van der Waals surface area contributed by atoms with Crippen LogP contribution >= 0.6 is 31.9 Å². The maximum atomic E-state index is 14.5. The number of carbonyl (C=O) groups excluding carboxylic acids is 2. The molecule has 4 aromatic rings. The number of fused-ring (bicyclic) bond motifs is 5. The molecule has 12 heteroatoms. The fourth-order valence-electron chi connectivity index (χ4n) is 6.75. The van der Waals surface area contributed by atoms with Gasteiger partial charge in [0, 0.05) is 57.5 Å². The molecule has 1 fully saturated rings. The van der Waals surface area contributed by atoms with Crippen molar-refractivity contribution in [2.24, 2.45) is 10.7 Å². The molecule has 38 heavy (non-hydrogen) atoms. The quantitative estimate of drug-likeness (QED) is 0.218. The topological polar surface area (TPSA) is 146 Å². The third-order valence-corrected chi connectivity index (χ3v) is 9.31. The van der Waals surface area contributed by atoms with Gasteiger partial charge in [-0.25, -0.2) is 4.99 Å². The average molecular weight is 638 g/mol. The first-order valence-corrected chi connectivity index (χ1v) is 13.5. The Bertz CT molecular complexity index is 1790. The predicted octanol–water partition coefficient (Wildman–Crippen LogP) is 3.23. The fraction of sp³-hybridized carbons (Fsp3) is 0.231. The zero-order valence-corrected chi connectivity index (χ0v) is 23.5. The number of H-pyrrole nitrogens is 2. The standard InChI is InChI=1S/C26H22Br2N8O2/c1-35-22(38)26(36(2)24(35)30)19(16-10-31-17-7-11(27)4-6-14(16)17)25(21(37)33-23(29)34-25)9-15-13-5-3-12(28)8-18(13)32-20(15)26/h3-8,10,19,30-32H,9H2,1-2H3,(H3,29,33,34,37). The van der Waals surface area contributed by atoms with Crippen LogP contribution in [0.3, 0.4) is 0 Å². The zero-order valence-electron chi connectivity index (χ0n) is 20.3. The minimum Gasteiger partial charge on any atom is -0.370 e. The summed E-state index contributed by atoms with van der Waals surface area (Å²) in [6.07, 6.45) is 2.07. The van der Waals surface area contributed by atoms with E-state index in [4.69, 9.17) is 16.1 Å². The Labute approximate surface area is 233 Å². The average Bonchev–Trinajstić information content (AvgIpc) is 3.56. The monoisotopic (exact) mass is 636 g/mol. The molecule has 1 aliphatic carbocycles. The summed E-state index contributed by atoms with van der Waals surface area (Å²) in [5.74, 6) is -1.47. The number of aromatic amines is 2. The van der Waals surface area contributed by atoms with Crippen molar-refractivity contribution in [2.75, 3.05) is 14.1 Å². The first kappa shape index (κ1) is 23.5. The summed E-state index contributed by atoms with van der Waals surface area (Å²) in [4.78, 5) is 43.1. The molecule has 1 saturated heterocycles. The van der Waals surface area contributed by atoms with E-state index in [1.54, 1.807) is 19.0 Å². The van der Waals surface area contributed by atoms with E-state index in [0.29, 0.717) is 5.69 Å². The number of benzene rings is 2. The number of amides is 2. The van der Waals surface area contributed by atoms with Gasteiger partial charge in [-0.2, -0.15) is 0 Å². The van der Waals surface area contributed by atoms with Gasteiger partial charge in [0.1, 0.15) is 0 Å². The van der Waals surface area contributed by atoms with E-state index < -0.39 is 17.0 Å². The number of hydrogen-bond donors (Lipinski definition) is 5. The van der Waals surface area contributed by atoms with Crippen LogP contribution in [-0.2, 0) is 21.5 Å². The maximum Gasteiger partial charge on any atom is 0.261 e. The Hall–Kier alpha value is -3.64. The molecule has 6 N–H and O–H groups in total. The smallest absolute Gasteiger partial charge is 0.261 e. The second-order valence-electron chi connectivity index (χ2n) is 10.1. The zero-order chi connectivity index (χ0) is 26.7.